The minimum Gasteiger partial charge on any atom is -0.443 e. The quantitative estimate of drug-likeness (QED) is 0.373. The maximum absolute atomic E-state index is 13.1. The van der Waals surface area contributed by atoms with E-state index in [0.29, 0.717) is 35.3 Å². The number of ether oxygens (including phenoxy) is 3. The molecule has 0 saturated heterocycles. The highest BCUT2D eigenvalue weighted by atomic mass is 79.9. The molecule has 176 valence electrons. The van der Waals surface area contributed by atoms with Crippen LogP contribution in [0.1, 0.15) is 54.4 Å². The van der Waals surface area contributed by atoms with E-state index < -0.39 is 23.5 Å². The van der Waals surface area contributed by atoms with E-state index in [2.05, 4.69) is 26.0 Å². The van der Waals surface area contributed by atoms with Crippen LogP contribution in [0, 0.1) is 5.92 Å². The Balaban J connectivity index is 1.77. The number of aromatic nitrogens is 3. The van der Waals surface area contributed by atoms with E-state index in [4.69, 9.17) is 25.8 Å². The number of hydrogen-bond donors (Lipinski definition) is 0. The van der Waals surface area contributed by atoms with Crippen LogP contribution in [-0.4, -0.2) is 50.7 Å². The van der Waals surface area contributed by atoms with Crippen molar-refractivity contribution in [1.82, 2.24) is 14.6 Å². The van der Waals surface area contributed by atoms with Crippen LogP contribution in [0.15, 0.2) is 16.7 Å². The molecule has 11 heteroatoms. The molecule has 0 atom stereocenters. The SMILES string of the molecule is CC(C)(C)OC(=O)OC1CC(CN(C(=O)OC(C)(C)C)c2cc(Cl)nc3c(Br)cnn23)C1. The van der Waals surface area contributed by atoms with E-state index >= 15 is 0 Å². The second-order valence-corrected chi connectivity index (χ2v) is 11.0. The van der Waals surface area contributed by atoms with Gasteiger partial charge in [-0.25, -0.2) is 14.6 Å². The topological polar surface area (TPSA) is 95.3 Å². The molecule has 1 amide bonds. The molecule has 1 aliphatic carbocycles. The van der Waals surface area contributed by atoms with Crippen molar-refractivity contribution < 1.29 is 23.8 Å². The molecular weight excluding hydrogens is 504 g/mol. The predicted molar refractivity (Wildman–Crippen MR) is 123 cm³/mol. The molecular formula is C21H28BrClN4O5. The van der Waals surface area contributed by atoms with Gasteiger partial charge in [-0.15, -0.1) is 0 Å². The van der Waals surface area contributed by atoms with Gasteiger partial charge in [0.1, 0.15) is 28.3 Å². The Labute approximate surface area is 200 Å². The summed E-state index contributed by atoms with van der Waals surface area (Å²) in [5.41, 5.74) is -0.809. The number of anilines is 1. The number of rotatable bonds is 4. The van der Waals surface area contributed by atoms with Gasteiger partial charge in [0, 0.05) is 12.6 Å². The van der Waals surface area contributed by atoms with Gasteiger partial charge in [0.25, 0.3) is 0 Å². The summed E-state index contributed by atoms with van der Waals surface area (Å²) in [5, 5.41) is 4.54. The van der Waals surface area contributed by atoms with Crippen molar-refractivity contribution >= 4 is 51.2 Å². The molecule has 3 rings (SSSR count). The summed E-state index contributed by atoms with van der Waals surface area (Å²) in [6.07, 6.45) is 1.32. The average molecular weight is 532 g/mol. The molecule has 1 aliphatic rings. The maximum atomic E-state index is 13.1. The van der Waals surface area contributed by atoms with Gasteiger partial charge >= 0.3 is 12.2 Å². The first-order valence-electron chi connectivity index (χ1n) is 10.3. The van der Waals surface area contributed by atoms with Crippen molar-refractivity contribution in [2.45, 2.75) is 71.7 Å². The van der Waals surface area contributed by atoms with E-state index in [9.17, 15) is 9.59 Å². The molecule has 0 N–H and O–H groups in total. The van der Waals surface area contributed by atoms with Gasteiger partial charge in [-0.2, -0.15) is 9.61 Å². The van der Waals surface area contributed by atoms with Crippen molar-refractivity contribution in [2.75, 3.05) is 11.4 Å². The van der Waals surface area contributed by atoms with E-state index in [1.165, 1.54) is 9.42 Å². The van der Waals surface area contributed by atoms with Crippen molar-refractivity contribution in [3.63, 3.8) is 0 Å². The van der Waals surface area contributed by atoms with Crippen molar-refractivity contribution in [2.24, 2.45) is 5.92 Å². The summed E-state index contributed by atoms with van der Waals surface area (Å²) >= 11 is 9.63. The molecule has 2 heterocycles. The van der Waals surface area contributed by atoms with E-state index in [1.807, 2.05) is 0 Å². The zero-order chi connectivity index (χ0) is 23.8. The summed E-state index contributed by atoms with van der Waals surface area (Å²) < 4.78 is 18.4. The van der Waals surface area contributed by atoms with E-state index in [1.54, 1.807) is 53.8 Å². The number of carbonyl (C=O) groups excluding carboxylic acids is 2. The fraction of sp³-hybridized carbons (Fsp3) is 0.619. The van der Waals surface area contributed by atoms with Crippen LogP contribution in [0.3, 0.4) is 0 Å². The molecule has 1 saturated carbocycles. The van der Waals surface area contributed by atoms with Gasteiger partial charge in [-0.05, 0) is 76.2 Å². The second-order valence-electron chi connectivity index (χ2n) is 9.80. The summed E-state index contributed by atoms with van der Waals surface area (Å²) in [5.74, 6) is 0.535. The van der Waals surface area contributed by atoms with Gasteiger partial charge in [0.15, 0.2) is 5.65 Å². The zero-order valence-corrected chi connectivity index (χ0v) is 21.4. The molecule has 2 aromatic rings. The Kier molecular flexibility index (Phi) is 6.95. The van der Waals surface area contributed by atoms with E-state index in [0.717, 1.165) is 0 Å². The Morgan fingerprint density at radius 1 is 1.19 bits per heavy atom. The molecule has 0 aliphatic heterocycles. The molecule has 0 unspecified atom stereocenters. The normalized spacial score (nSPS) is 18.8. The first-order valence-corrected chi connectivity index (χ1v) is 11.5. The minimum atomic E-state index is -0.686. The zero-order valence-electron chi connectivity index (χ0n) is 19.0. The van der Waals surface area contributed by atoms with Gasteiger partial charge in [0.2, 0.25) is 0 Å². The van der Waals surface area contributed by atoms with Crippen LogP contribution < -0.4 is 4.90 Å². The first kappa shape index (κ1) is 24.6. The Hall–Kier alpha value is -2.07. The van der Waals surface area contributed by atoms with Gasteiger partial charge in [0.05, 0.1) is 10.7 Å². The Morgan fingerprint density at radius 3 is 2.41 bits per heavy atom. The molecule has 0 spiro atoms. The lowest BCUT2D eigenvalue weighted by molar-refractivity contribution is -0.0560. The van der Waals surface area contributed by atoms with Crippen molar-refractivity contribution in [3.05, 3.63) is 21.9 Å². The molecule has 1 fully saturated rings. The number of fused-ring (bicyclic) bond motifs is 1. The number of nitrogens with zero attached hydrogens (tertiary/aromatic N) is 4. The third-order valence-corrected chi connectivity index (χ3v) is 5.31. The van der Waals surface area contributed by atoms with Crippen LogP contribution in [0.4, 0.5) is 15.4 Å². The highest BCUT2D eigenvalue weighted by Gasteiger charge is 2.37. The second kappa shape index (κ2) is 9.05. The summed E-state index contributed by atoms with van der Waals surface area (Å²) in [6, 6.07) is 1.57. The number of hydrogen-bond acceptors (Lipinski definition) is 7. The number of halogens is 2. The standard InChI is InChI=1S/C21H28BrClN4O5/c1-20(2,3)31-18(28)26(16-9-15(23)25-17-14(22)10-24-27(16)17)11-12-7-13(8-12)30-19(29)32-21(4,5)6/h9-10,12-13H,7-8,11H2,1-6H3. The van der Waals surface area contributed by atoms with E-state index in [-0.39, 0.29) is 17.2 Å². The van der Waals surface area contributed by atoms with Crippen LogP contribution in [0.5, 0.6) is 0 Å². The monoisotopic (exact) mass is 530 g/mol. The van der Waals surface area contributed by atoms with Crippen LogP contribution >= 0.6 is 27.5 Å². The van der Waals surface area contributed by atoms with Crippen LogP contribution in [0.25, 0.3) is 5.65 Å². The Bertz CT molecular complexity index is 1010. The third-order valence-electron chi connectivity index (χ3n) is 4.55. The first-order chi connectivity index (χ1) is 14.7. The molecule has 0 bridgehead atoms. The lowest BCUT2D eigenvalue weighted by Gasteiger charge is -2.38. The lowest BCUT2D eigenvalue weighted by atomic mass is 9.82. The number of carbonyl (C=O) groups is 2. The molecule has 0 radical (unpaired) electrons. The molecule has 0 aromatic carbocycles. The van der Waals surface area contributed by atoms with Crippen LogP contribution in [0.2, 0.25) is 5.15 Å². The fourth-order valence-electron chi connectivity index (χ4n) is 3.25. The highest BCUT2D eigenvalue weighted by molar-refractivity contribution is 9.10. The smallest absolute Gasteiger partial charge is 0.443 e. The predicted octanol–water partition coefficient (Wildman–Crippen LogP) is 5.62. The van der Waals surface area contributed by atoms with Gasteiger partial charge in [-0.1, -0.05) is 11.6 Å². The number of amides is 1. The summed E-state index contributed by atoms with van der Waals surface area (Å²) in [7, 11) is 0. The minimum absolute atomic E-state index is 0.0935. The summed E-state index contributed by atoms with van der Waals surface area (Å²) in [6.45, 7) is 11.1. The molecule has 32 heavy (non-hydrogen) atoms. The van der Waals surface area contributed by atoms with Gasteiger partial charge in [-0.3, -0.25) is 4.90 Å². The molecule has 9 nitrogen and oxygen atoms in total. The maximum Gasteiger partial charge on any atom is 0.509 e. The molecule has 2 aromatic heterocycles. The summed E-state index contributed by atoms with van der Waals surface area (Å²) in [4.78, 5) is 30.8. The largest absolute Gasteiger partial charge is 0.509 e. The third kappa shape index (κ3) is 6.25. The van der Waals surface area contributed by atoms with Crippen molar-refractivity contribution in [1.29, 1.82) is 0 Å². The van der Waals surface area contributed by atoms with Crippen molar-refractivity contribution in [3.8, 4) is 0 Å². The Morgan fingerprint density at radius 2 is 1.81 bits per heavy atom. The highest BCUT2D eigenvalue weighted by Crippen LogP contribution is 2.34. The fourth-order valence-corrected chi connectivity index (χ4v) is 3.78. The van der Waals surface area contributed by atoms with Gasteiger partial charge < -0.3 is 14.2 Å². The van der Waals surface area contributed by atoms with Crippen LogP contribution in [-0.2, 0) is 14.2 Å². The average Bonchev–Trinajstić information content (AvgIpc) is 2.94. The lowest BCUT2D eigenvalue weighted by Crippen LogP contribution is -2.45.